The molecule has 0 saturated heterocycles. The first-order chi connectivity index (χ1) is 9.99. The highest BCUT2D eigenvalue weighted by Crippen LogP contribution is 2.69. The molecule has 3 heteroatoms. The summed E-state index contributed by atoms with van der Waals surface area (Å²) in [5.74, 6) is 1.67. The number of halogens is 1. The average molecular weight is 308 g/mol. The summed E-state index contributed by atoms with van der Waals surface area (Å²) >= 11 is 6.26. The third-order valence-corrected chi connectivity index (χ3v) is 5.37. The molecule has 0 bridgehead atoms. The molecule has 0 aromatic heterocycles. The van der Waals surface area contributed by atoms with Crippen molar-refractivity contribution < 1.29 is 4.74 Å². The molecule has 1 aromatic carbocycles. The van der Waals surface area contributed by atoms with E-state index in [1.807, 2.05) is 12.1 Å². The molecule has 0 radical (unpaired) electrons. The number of nitrogens with one attached hydrogen (secondary N) is 1. The molecule has 1 aromatic rings. The standard InChI is InChI=1S/C18H26ClNO/c1-13(2)9-20-12-18(10-17(11-18)6-7-17)15-8-14(19)4-5-16(15)21-3/h4-5,8,13,20H,6-7,9-12H2,1-3H3. The van der Waals surface area contributed by atoms with Crippen molar-refractivity contribution in [3.63, 3.8) is 0 Å². The number of ether oxygens (including phenoxy) is 1. The van der Waals surface area contributed by atoms with Crippen molar-refractivity contribution in [1.29, 1.82) is 0 Å². The fourth-order valence-corrected chi connectivity index (χ4v) is 4.19. The van der Waals surface area contributed by atoms with Gasteiger partial charge in [-0.25, -0.2) is 0 Å². The molecule has 2 aliphatic carbocycles. The molecule has 1 N–H and O–H groups in total. The SMILES string of the molecule is COc1ccc(Cl)cc1C1(CNCC(C)C)CC2(CC2)C1. The van der Waals surface area contributed by atoms with Gasteiger partial charge in [0.15, 0.2) is 0 Å². The van der Waals surface area contributed by atoms with E-state index in [4.69, 9.17) is 16.3 Å². The number of methoxy groups -OCH3 is 1. The number of rotatable bonds is 6. The maximum Gasteiger partial charge on any atom is 0.122 e. The maximum atomic E-state index is 6.26. The Morgan fingerprint density at radius 3 is 2.57 bits per heavy atom. The number of benzene rings is 1. The van der Waals surface area contributed by atoms with Crippen LogP contribution in [0.1, 0.15) is 45.1 Å². The van der Waals surface area contributed by atoms with E-state index < -0.39 is 0 Å². The van der Waals surface area contributed by atoms with Gasteiger partial charge < -0.3 is 10.1 Å². The Morgan fingerprint density at radius 2 is 2.00 bits per heavy atom. The van der Waals surface area contributed by atoms with Gasteiger partial charge in [-0.15, -0.1) is 0 Å². The van der Waals surface area contributed by atoms with Gasteiger partial charge in [0, 0.05) is 22.5 Å². The fraction of sp³-hybridized carbons (Fsp3) is 0.667. The van der Waals surface area contributed by atoms with E-state index in [9.17, 15) is 0 Å². The highest BCUT2D eigenvalue weighted by Gasteiger charge is 2.61. The topological polar surface area (TPSA) is 21.3 Å². The van der Waals surface area contributed by atoms with Crippen molar-refractivity contribution in [3.05, 3.63) is 28.8 Å². The Kier molecular flexibility index (Phi) is 3.96. The largest absolute Gasteiger partial charge is 0.496 e. The van der Waals surface area contributed by atoms with E-state index in [0.29, 0.717) is 11.3 Å². The first kappa shape index (κ1) is 15.2. The molecule has 2 nitrogen and oxygen atoms in total. The van der Waals surface area contributed by atoms with Gasteiger partial charge in [-0.3, -0.25) is 0 Å². The van der Waals surface area contributed by atoms with Crippen LogP contribution < -0.4 is 10.1 Å². The van der Waals surface area contributed by atoms with Gasteiger partial charge in [-0.2, -0.15) is 0 Å². The second kappa shape index (κ2) is 5.48. The van der Waals surface area contributed by atoms with Crippen LogP contribution in [-0.4, -0.2) is 20.2 Å². The molecule has 2 aliphatic rings. The average Bonchev–Trinajstić information content (AvgIpc) is 3.17. The molecule has 1 spiro atoms. The lowest BCUT2D eigenvalue weighted by Gasteiger charge is -2.50. The van der Waals surface area contributed by atoms with Gasteiger partial charge in [0.1, 0.15) is 5.75 Å². The zero-order valence-corrected chi connectivity index (χ0v) is 14.1. The first-order valence-electron chi connectivity index (χ1n) is 8.03. The summed E-state index contributed by atoms with van der Waals surface area (Å²) in [5.41, 5.74) is 2.15. The number of hydrogen-bond acceptors (Lipinski definition) is 2. The van der Waals surface area contributed by atoms with Crippen LogP contribution in [0.2, 0.25) is 5.02 Å². The number of hydrogen-bond donors (Lipinski definition) is 1. The molecule has 0 heterocycles. The molecule has 0 atom stereocenters. The van der Waals surface area contributed by atoms with Crippen LogP contribution in [-0.2, 0) is 5.41 Å². The molecule has 0 aliphatic heterocycles. The van der Waals surface area contributed by atoms with E-state index >= 15 is 0 Å². The minimum atomic E-state index is 0.210. The first-order valence-corrected chi connectivity index (χ1v) is 8.41. The van der Waals surface area contributed by atoms with Crippen LogP contribution in [0, 0.1) is 11.3 Å². The van der Waals surface area contributed by atoms with Crippen LogP contribution in [0.15, 0.2) is 18.2 Å². The molecule has 2 saturated carbocycles. The summed E-state index contributed by atoms with van der Waals surface area (Å²) in [6.07, 6.45) is 5.37. The van der Waals surface area contributed by atoms with Gasteiger partial charge in [0.25, 0.3) is 0 Å². The van der Waals surface area contributed by atoms with Crippen molar-refractivity contribution >= 4 is 11.6 Å². The highest BCUT2D eigenvalue weighted by molar-refractivity contribution is 6.30. The Hall–Kier alpha value is -0.730. The predicted octanol–water partition coefficient (Wildman–Crippen LogP) is 4.41. The predicted molar refractivity (Wildman–Crippen MR) is 88.3 cm³/mol. The van der Waals surface area contributed by atoms with Crippen molar-refractivity contribution in [3.8, 4) is 5.75 Å². The Bertz CT molecular complexity index is 514. The Balaban J connectivity index is 1.83. The molecular formula is C18H26ClNO. The van der Waals surface area contributed by atoms with E-state index in [-0.39, 0.29) is 5.41 Å². The second-order valence-corrected chi connectivity index (χ2v) is 7.94. The summed E-state index contributed by atoms with van der Waals surface area (Å²) in [6.45, 7) is 6.60. The third kappa shape index (κ3) is 2.93. The molecule has 116 valence electrons. The summed E-state index contributed by atoms with van der Waals surface area (Å²) in [6, 6.07) is 6.05. The minimum Gasteiger partial charge on any atom is -0.496 e. The lowest BCUT2D eigenvalue weighted by molar-refractivity contribution is 0.112. The maximum absolute atomic E-state index is 6.26. The van der Waals surface area contributed by atoms with E-state index in [1.54, 1.807) is 7.11 Å². The normalized spacial score (nSPS) is 21.4. The van der Waals surface area contributed by atoms with Crippen LogP contribution in [0.4, 0.5) is 0 Å². The third-order valence-electron chi connectivity index (χ3n) is 5.13. The van der Waals surface area contributed by atoms with Crippen LogP contribution in [0.25, 0.3) is 0 Å². The van der Waals surface area contributed by atoms with E-state index in [2.05, 4.69) is 25.2 Å². The van der Waals surface area contributed by atoms with Crippen LogP contribution >= 0.6 is 11.6 Å². The summed E-state index contributed by atoms with van der Waals surface area (Å²) < 4.78 is 5.61. The molecule has 0 amide bonds. The lowest BCUT2D eigenvalue weighted by Crippen LogP contribution is -2.50. The van der Waals surface area contributed by atoms with Gasteiger partial charge in [0.05, 0.1) is 7.11 Å². The second-order valence-electron chi connectivity index (χ2n) is 7.50. The van der Waals surface area contributed by atoms with E-state index in [1.165, 1.54) is 31.2 Å². The molecule has 2 fully saturated rings. The molecule has 21 heavy (non-hydrogen) atoms. The van der Waals surface area contributed by atoms with Crippen molar-refractivity contribution in [2.45, 2.75) is 44.9 Å². The van der Waals surface area contributed by atoms with Gasteiger partial charge in [-0.05, 0) is 61.8 Å². The van der Waals surface area contributed by atoms with Crippen molar-refractivity contribution in [1.82, 2.24) is 5.32 Å². The summed E-state index contributed by atoms with van der Waals surface area (Å²) in [5, 5.41) is 4.47. The Labute approximate surface area is 133 Å². The molecule has 3 rings (SSSR count). The van der Waals surface area contributed by atoms with Gasteiger partial charge >= 0.3 is 0 Å². The smallest absolute Gasteiger partial charge is 0.122 e. The van der Waals surface area contributed by atoms with Crippen molar-refractivity contribution in [2.24, 2.45) is 11.3 Å². The zero-order valence-electron chi connectivity index (χ0n) is 13.3. The zero-order chi connectivity index (χ0) is 15.1. The lowest BCUT2D eigenvalue weighted by atomic mass is 9.56. The quantitative estimate of drug-likeness (QED) is 0.840. The van der Waals surface area contributed by atoms with Crippen molar-refractivity contribution in [2.75, 3.05) is 20.2 Å². The Morgan fingerprint density at radius 1 is 1.29 bits per heavy atom. The minimum absolute atomic E-state index is 0.210. The summed E-state index contributed by atoms with van der Waals surface area (Å²) in [7, 11) is 1.76. The van der Waals surface area contributed by atoms with Gasteiger partial charge in [0.2, 0.25) is 0 Å². The van der Waals surface area contributed by atoms with E-state index in [0.717, 1.165) is 23.9 Å². The molecule has 0 unspecified atom stereocenters. The van der Waals surface area contributed by atoms with Crippen LogP contribution in [0.5, 0.6) is 5.75 Å². The van der Waals surface area contributed by atoms with Crippen LogP contribution in [0.3, 0.4) is 0 Å². The molecular weight excluding hydrogens is 282 g/mol. The summed E-state index contributed by atoms with van der Waals surface area (Å²) in [4.78, 5) is 0. The van der Waals surface area contributed by atoms with Gasteiger partial charge in [-0.1, -0.05) is 25.4 Å². The fourth-order valence-electron chi connectivity index (χ4n) is 4.02. The monoisotopic (exact) mass is 307 g/mol. The highest BCUT2D eigenvalue weighted by atomic mass is 35.5.